The van der Waals surface area contributed by atoms with Crippen LogP contribution in [-0.2, 0) is 0 Å². The molecule has 62 valence electrons. The van der Waals surface area contributed by atoms with Crippen molar-refractivity contribution < 1.29 is 8.78 Å². The molecule has 0 bridgehead atoms. The lowest BCUT2D eigenvalue weighted by atomic mass is 10.2. The van der Waals surface area contributed by atoms with Gasteiger partial charge in [0.1, 0.15) is 0 Å². The second-order valence-electron chi connectivity index (χ2n) is 2.60. The van der Waals surface area contributed by atoms with Gasteiger partial charge < -0.3 is 0 Å². The molecular formula is C8H6F2N2. The van der Waals surface area contributed by atoms with Crippen molar-refractivity contribution in [3.8, 4) is 0 Å². The van der Waals surface area contributed by atoms with Crippen LogP contribution in [0.2, 0.25) is 0 Å². The van der Waals surface area contributed by atoms with E-state index in [9.17, 15) is 8.78 Å². The lowest BCUT2D eigenvalue weighted by molar-refractivity contribution is 0.517. The van der Waals surface area contributed by atoms with Gasteiger partial charge in [-0.3, -0.25) is 5.10 Å². The zero-order valence-electron chi connectivity index (χ0n) is 6.36. The van der Waals surface area contributed by atoms with Crippen molar-refractivity contribution in [2.24, 2.45) is 0 Å². The molecule has 2 rings (SSSR count). The number of benzene rings is 1. The Morgan fingerprint density at radius 1 is 1.33 bits per heavy atom. The first-order valence-electron chi connectivity index (χ1n) is 3.49. The van der Waals surface area contributed by atoms with Crippen molar-refractivity contribution >= 4 is 10.9 Å². The van der Waals surface area contributed by atoms with E-state index >= 15 is 0 Å². The molecule has 1 N–H and O–H groups in total. The normalized spacial score (nSPS) is 10.9. The zero-order chi connectivity index (χ0) is 8.72. The third-order valence-corrected chi connectivity index (χ3v) is 1.79. The summed E-state index contributed by atoms with van der Waals surface area (Å²) in [5, 5.41) is 6.61. The summed E-state index contributed by atoms with van der Waals surface area (Å²) in [6, 6.07) is 2.51. The summed E-state index contributed by atoms with van der Waals surface area (Å²) in [6.07, 6.45) is 0. The standard InChI is InChI=1S/C8H6F2N2/c1-4-7-6(12-11-4)3-2-5(9)8(7)10/h2-3H,1H3,(H,11,12). The van der Waals surface area contributed by atoms with E-state index in [4.69, 9.17) is 0 Å². The number of nitrogens with one attached hydrogen (secondary N) is 1. The number of nitrogens with zero attached hydrogens (tertiary/aromatic N) is 1. The summed E-state index contributed by atoms with van der Waals surface area (Å²) in [4.78, 5) is 0. The van der Waals surface area contributed by atoms with Gasteiger partial charge in [-0.05, 0) is 19.1 Å². The van der Waals surface area contributed by atoms with Gasteiger partial charge in [-0.1, -0.05) is 0 Å². The molecule has 0 saturated heterocycles. The molecule has 1 aromatic heterocycles. The average Bonchev–Trinajstić information content (AvgIpc) is 2.41. The fraction of sp³-hybridized carbons (Fsp3) is 0.125. The van der Waals surface area contributed by atoms with Crippen LogP contribution < -0.4 is 0 Å². The Labute approximate surface area is 67.2 Å². The number of hydrogen-bond donors (Lipinski definition) is 1. The van der Waals surface area contributed by atoms with Gasteiger partial charge in [0.2, 0.25) is 0 Å². The van der Waals surface area contributed by atoms with E-state index in [1.807, 2.05) is 0 Å². The molecule has 0 atom stereocenters. The third kappa shape index (κ3) is 0.809. The molecule has 12 heavy (non-hydrogen) atoms. The second kappa shape index (κ2) is 2.27. The maximum Gasteiger partial charge on any atom is 0.170 e. The number of aromatic nitrogens is 2. The van der Waals surface area contributed by atoms with Gasteiger partial charge >= 0.3 is 0 Å². The van der Waals surface area contributed by atoms with E-state index < -0.39 is 11.6 Å². The molecular weight excluding hydrogens is 162 g/mol. The fourth-order valence-electron chi connectivity index (χ4n) is 1.19. The Bertz CT molecular complexity index is 434. The number of fused-ring (bicyclic) bond motifs is 1. The molecule has 0 spiro atoms. The van der Waals surface area contributed by atoms with Gasteiger partial charge in [0.15, 0.2) is 11.6 Å². The summed E-state index contributed by atoms with van der Waals surface area (Å²) in [5.74, 6) is -1.68. The first-order chi connectivity index (χ1) is 5.70. The lowest BCUT2D eigenvalue weighted by Crippen LogP contribution is -1.84. The highest BCUT2D eigenvalue weighted by Crippen LogP contribution is 2.20. The lowest BCUT2D eigenvalue weighted by Gasteiger charge is -1.93. The molecule has 0 radical (unpaired) electrons. The number of aromatic amines is 1. The van der Waals surface area contributed by atoms with Crippen molar-refractivity contribution in [1.82, 2.24) is 10.2 Å². The first kappa shape index (κ1) is 7.21. The first-order valence-corrected chi connectivity index (χ1v) is 3.49. The minimum Gasteiger partial charge on any atom is -0.282 e. The van der Waals surface area contributed by atoms with E-state index in [-0.39, 0.29) is 5.39 Å². The smallest absolute Gasteiger partial charge is 0.170 e. The zero-order valence-corrected chi connectivity index (χ0v) is 6.36. The van der Waals surface area contributed by atoms with Crippen LogP contribution in [0.25, 0.3) is 10.9 Å². The van der Waals surface area contributed by atoms with Crippen LogP contribution in [0.15, 0.2) is 12.1 Å². The second-order valence-corrected chi connectivity index (χ2v) is 2.60. The number of aryl methyl sites for hydroxylation is 1. The quantitative estimate of drug-likeness (QED) is 0.641. The van der Waals surface area contributed by atoms with Crippen molar-refractivity contribution in [2.75, 3.05) is 0 Å². The number of hydrogen-bond acceptors (Lipinski definition) is 1. The van der Waals surface area contributed by atoms with Crippen molar-refractivity contribution in [2.45, 2.75) is 6.92 Å². The predicted octanol–water partition coefficient (Wildman–Crippen LogP) is 2.15. The largest absolute Gasteiger partial charge is 0.282 e. The van der Waals surface area contributed by atoms with Gasteiger partial charge in [0.25, 0.3) is 0 Å². The van der Waals surface area contributed by atoms with Gasteiger partial charge in [-0.15, -0.1) is 0 Å². The third-order valence-electron chi connectivity index (χ3n) is 1.79. The Kier molecular flexibility index (Phi) is 1.36. The van der Waals surface area contributed by atoms with Crippen LogP contribution in [-0.4, -0.2) is 10.2 Å². The molecule has 2 aromatic rings. The highest BCUT2D eigenvalue weighted by Gasteiger charge is 2.10. The Balaban J connectivity index is 2.96. The average molecular weight is 168 g/mol. The Morgan fingerprint density at radius 3 is 2.83 bits per heavy atom. The SMILES string of the molecule is Cc1[nH]nc2ccc(F)c(F)c12. The predicted molar refractivity (Wildman–Crippen MR) is 40.7 cm³/mol. The highest BCUT2D eigenvalue weighted by atomic mass is 19.2. The topological polar surface area (TPSA) is 28.7 Å². The van der Waals surface area contributed by atoms with Crippen LogP contribution >= 0.6 is 0 Å². The molecule has 0 unspecified atom stereocenters. The minimum atomic E-state index is -0.841. The van der Waals surface area contributed by atoms with Crippen LogP contribution in [0.1, 0.15) is 5.69 Å². The van der Waals surface area contributed by atoms with Crippen molar-refractivity contribution in [3.05, 3.63) is 29.5 Å². The van der Waals surface area contributed by atoms with E-state index in [1.54, 1.807) is 6.92 Å². The van der Waals surface area contributed by atoms with E-state index in [1.165, 1.54) is 6.07 Å². The van der Waals surface area contributed by atoms with Gasteiger partial charge in [-0.2, -0.15) is 5.10 Å². The summed E-state index contributed by atoms with van der Waals surface area (Å²) in [7, 11) is 0. The molecule has 2 nitrogen and oxygen atoms in total. The molecule has 0 aliphatic rings. The van der Waals surface area contributed by atoms with Crippen molar-refractivity contribution in [1.29, 1.82) is 0 Å². The molecule has 0 fully saturated rings. The highest BCUT2D eigenvalue weighted by molar-refractivity contribution is 5.81. The molecule has 0 aliphatic carbocycles. The monoisotopic (exact) mass is 168 g/mol. The van der Waals surface area contributed by atoms with E-state index in [0.29, 0.717) is 11.2 Å². The Hall–Kier alpha value is -1.45. The molecule has 1 heterocycles. The van der Waals surface area contributed by atoms with E-state index in [0.717, 1.165) is 6.07 Å². The molecule has 0 amide bonds. The summed E-state index contributed by atoms with van der Waals surface area (Å²) < 4.78 is 25.7. The summed E-state index contributed by atoms with van der Waals surface area (Å²) in [6.45, 7) is 1.65. The number of rotatable bonds is 0. The van der Waals surface area contributed by atoms with Crippen LogP contribution in [0.5, 0.6) is 0 Å². The summed E-state index contributed by atoms with van der Waals surface area (Å²) in [5.41, 5.74) is 0.994. The van der Waals surface area contributed by atoms with Gasteiger partial charge in [0.05, 0.1) is 10.9 Å². The molecule has 0 aliphatic heterocycles. The minimum absolute atomic E-state index is 0.231. The van der Waals surface area contributed by atoms with Gasteiger partial charge in [0, 0.05) is 5.69 Å². The van der Waals surface area contributed by atoms with Crippen LogP contribution in [0.4, 0.5) is 8.78 Å². The van der Waals surface area contributed by atoms with E-state index in [2.05, 4.69) is 10.2 Å². The molecule has 4 heteroatoms. The number of halogens is 2. The Morgan fingerprint density at radius 2 is 2.08 bits per heavy atom. The van der Waals surface area contributed by atoms with Crippen LogP contribution in [0, 0.1) is 18.6 Å². The maximum atomic E-state index is 13.1. The number of H-pyrrole nitrogens is 1. The molecule has 1 aromatic carbocycles. The summed E-state index contributed by atoms with van der Waals surface area (Å²) >= 11 is 0. The fourth-order valence-corrected chi connectivity index (χ4v) is 1.19. The van der Waals surface area contributed by atoms with Crippen molar-refractivity contribution in [3.63, 3.8) is 0 Å². The van der Waals surface area contributed by atoms with Crippen LogP contribution in [0.3, 0.4) is 0 Å². The molecule has 0 saturated carbocycles. The van der Waals surface area contributed by atoms with Gasteiger partial charge in [-0.25, -0.2) is 8.78 Å². The maximum absolute atomic E-state index is 13.1.